The zero-order valence-electron chi connectivity index (χ0n) is 10.9. The summed E-state index contributed by atoms with van der Waals surface area (Å²) in [6.07, 6.45) is 19.6. The Labute approximate surface area is 101 Å². The van der Waals surface area contributed by atoms with Gasteiger partial charge in [-0.25, -0.2) is 0 Å². The molecule has 0 aliphatic heterocycles. The number of hydrogen-bond donors (Lipinski definition) is 0. The molecule has 0 atom stereocenters. The predicted molar refractivity (Wildman–Crippen MR) is 70.5 cm³/mol. The lowest BCUT2D eigenvalue weighted by atomic mass is 9.99. The van der Waals surface area contributed by atoms with E-state index in [1.807, 2.05) is 19.3 Å². The van der Waals surface area contributed by atoms with E-state index < -0.39 is 0 Å². The van der Waals surface area contributed by atoms with E-state index in [1.165, 1.54) is 70.6 Å². The fraction of sp³-hybridized carbons (Fsp3) is 0.867. The van der Waals surface area contributed by atoms with Gasteiger partial charge in [-0.3, -0.25) is 0 Å². The van der Waals surface area contributed by atoms with Crippen LogP contribution in [0.3, 0.4) is 0 Å². The van der Waals surface area contributed by atoms with Crippen LogP contribution in [0.5, 0.6) is 0 Å². The highest BCUT2D eigenvalue weighted by Gasteiger charge is 2.08. The Morgan fingerprint density at radius 2 is 1.19 bits per heavy atom. The van der Waals surface area contributed by atoms with Crippen molar-refractivity contribution in [1.29, 1.82) is 0 Å². The highest BCUT2D eigenvalue weighted by atomic mass is 16.5. The Morgan fingerprint density at radius 1 is 0.750 bits per heavy atom. The minimum absolute atomic E-state index is 0.482. The summed E-state index contributed by atoms with van der Waals surface area (Å²) in [4.78, 5) is 0. The third-order valence-corrected chi connectivity index (χ3v) is 3.46. The van der Waals surface area contributed by atoms with Gasteiger partial charge in [0.25, 0.3) is 0 Å². The first-order valence-electron chi connectivity index (χ1n) is 7.20. The highest BCUT2D eigenvalue weighted by Crippen LogP contribution is 2.18. The highest BCUT2D eigenvalue weighted by molar-refractivity contribution is 4.70. The second kappa shape index (κ2) is 9.74. The van der Waals surface area contributed by atoms with Gasteiger partial charge in [0.2, 0.25) is 0 Å². The van der Waals surface area contributed by atoms with Gasteiger partial charge in [0, 0.05) is 0 Å². The molecule has 0 radical (unpaired) electrons. The predicted octanol–water partition coefficient (Wildman–Crippen LogP) is 5.21. The van der Waals surface area contributed by atoms with Crippen LogP contribution in [0, 0.1) is 0 Å². The van der Waals surface area contributed by atoms with Crippen LogP contribution in [-0.2, 0) is 4.74 Å². The second-order valence-corrected chi connectivity index (χ2v) is 4.99. The van der Waals surface area contributed by atoms with Gasteiger partial charge in [-0.1, -0.05) is 51.0 Å². The zero-order valence-corrected chi connectivity index (χ0v) is 10.9. The molecule has 0 aromatic carbocycles. The second-order valence-electron chi connectivity index (χ2n) is 4.99. The summed E-state index contributed by atoms with van der Waals surface area (Å²) in [6, 6.07) is 0. The van der Waals surface area contributed by atoms with Crippen molar-refractivity contribution in [2.45, 2.75) is 83.7 Å². The van der Waals surface area contributed by atoms with Crippen LogP contribution >= 0.6 is 0 Å². The third-order valence-electron chi connectivity index (χ3n) is 3.46. The van der Waals surface area contributed by atoms with Gasteiger partial charge in [0.05, 0.1) is 12.4 Å². The Kier molecular flexibility index (Phi) is 8.28. The van der Waals surface area contributed by atoms with Crippen molar-refractivity contribution in [2.24, 2.45) is 0 Å². The molecule has 0 amide bonds. The molecule has 1 aliphatic rings. The van der Waals surface area contributed by atoms with E-state index in [0.717, 1.165) is 0 Å². The van der Waals surface area contributed by atoms with Gasteiger partial charge in [0.1, 0.15) is 0 Å². The van der Waals surface area contributed by atoms with E-state index in [2.05, 4.69) is 0 Å². The molecule has 0 saturated heterocycles. The van der Waals surface area contributed by atoms with E-state index in [1.54, 1.807) is 0 Å². The fourth-order valence-electron chi connectivity index (χ4n) is 2.45. The lowest BCUT2D eigenvalue weighted by molar-refractivity contribution is 0.120. The van der Waals surface area contributed by atoms with Crippen molar-refractivity contribution in [1.82, 2.24) is 0 Å². The maximum Gasteiger partial charge on any atom is 0.0978 e. The van der Waals surface area contributed by atoms with Gasteiger partial charge >= 0.3 is 0 Å². The molecular weight excluding hydrogens is 196 g/mol. The molecule has 1 aliphatic carbocycles. The first-order chi connectivity index (χ1) is 7.93. The first-order valence-corrected chi connectivity index (χ1v) is 7.20. The Hall–Kier alpha value is -0.460. The topological polar surface area (TPSA) is 9.23 Å². The van der Waals surface area contributed by atoms with Crippen LogP contribution in [0.4, 0.5) is 0 Å². The number of ether oxygens (including phenoxy) is 1. The van der Waals surface area contributed by atoms with Crippen molar-refractivity contribution in [3.8, 4) is 0 Å². The zero-order chi connectivity index (χ0) is 11.5. The van der Waals surface area contributed by atoms with Gasteiger partial charge < -0.3 is 4.74 Å². The van der Waals surface area contributed by atoms with Crippen LogP contribution in [0.1, 0.15) is 77.6 Å². The molecule has 16 heavy (non-hydrogen) atoms. The van der Waals surface area contributed by atoms with Crippen LogP contribution in [0.15, 0.2) is 12.3 Å². The average molecular weight is 224 g/mol. The van der Waals surface area contributed by atoms with E-state index in [4.69, 9.17) is 4.74 Å². The molecule has 0 aromatic heterocycles. The van der Waals surface area contributed by atoms with E-state index >= 15 is 0 Å². The Balaban J connectivity index is 2.24. The van der Waals surface area contributed by atoms with Crippen molar-refractivity contribution in [3.05, 3.63) is 12.3 Å². The molecule has 1 rings (SSSR count). The fourth-order valence-corrected chi connectivity index (χ4v) is 2.45. The van der Waals surface area contributed by atoms with Gasteiger partial charge in [-0.15, -0.1) is 0 Å². The molecule has 1 saturated carbocycles. The van der Waals surface area contributed by atoms with Gasteiger partial charge in [-0.05, 0) is 32.6 Å². The number of hydrogen-bond acceptors (Lipinski definition) is 1. The third kappa shape index (κ3) is 6.92. The normalized spacial score (nSPS) is 22.6. The van der Waals surface area contributed by atoms with E-state index in [9.17, 15) is 0 Å². The summed E-state index contributed by atoms with van der Waals surface area (Å²) in [5, 5.41) is 0. The van der Waals surface area contributed by atoms with Crippen LogP contribution in [0.2, 0.25) is 0 Å². The summed E-state index contributed by atoms with van der Waals surface area (Å²) >= 11 is 0. The van der Waals surface area contributed by atoms with Crippen molar-refractivity contribution >= 4 is 0 Å². The van der Waals surface area contributed by atoms with Crippen molar-refractivity contribution in [3.63, 3.8) is 0 Å². The summed E-state index contributed by atoms with van der Waals surface area (Å²) in [5.74, 6) is 0. The van der Waals surface area contributed by atoms with E-state index in [-0.39, 0.29) is 0 Å². The maximum atomic E-state index is 5.76. The molecule has 0 bridgehead atoms. The number of allylic oxidation sites excluding steroid dienone is 1. The molecule has 1 fully saturated rings. The number of rotatable bonds is 2. The summed E-state index contributed by atoms with van der Waals surface area (Å²) in [6.45, 7) is 2.02. The Bertz CT molecular complexity index is 162. The average Bonchev–Trinajstić information content (AvgIpc) is 2.28. The van der Waals surface area contributed by atoms with Crippen molar-refractivity contribution in [2.75, 3.05) is 0 Å². The molecule has 0 heterocycles. The summed E-state index contributed by atoms with van der Waals surface area (Å²) in [7, 11) is 0. The molecule has 1 nitrogen and oxygen atoms in total. The molecule has 0 N–H and O–H groups in total. The smallest absolute Gasteiger partial charge is 0.0978 e. The van der Waals surface area contributed by atoms with Crippen LogP contribution < -0.4 is 0 Å². The SMILES string of the molecule is CC=COC1CCCCCCCCCCC1. The maximum absolute atomic E-state index is 5.76. The minimum atomic E-state index is 0.482. The minimum Gasteiger partial charge on any atom is -0.498 e. The van der Waals surface area contributed by atoms with E-state index in [0.29, 0.717) is 6.10 Å². The Morgan fingerprint density at radius 3 is 1.62 bits per heavy atom. The molecular formula is C15H28O. The first kappa shape index (κ1) is 13.6. The van der Waals surface area contributed by atoms with Crippen LogP contribution in [-0.4, -0.2) is 6.10 Å². The molecule has 0 spiro atoms. The quantitative estimate of drug-likeness (QED) is 0.585. The molecule has 0 aromatic rings. The molecule has 1 heteroatoms. The van der Waals surface area contributed by atoms with Crippen LogP contribution in [0.25, 0.3) is 0 Å². The molecule has 0 unspecified atom stereocenters. The molecule has 94 valence electrons. The van der Waals surface area contributed by atoms with Crippen molar-refractivity contribution < 1.29 is 4.74 Å². The standard InChI is InChI=1S/C15H28O/c1-2-14-16-15-12-10-8-6-4-3-5-7-9-11-13-15/h2,14-15H,3-13H2,1H3. The monoisotopic (exact) mass is 224 g/mol. The van der Waals surface area contributed by atoms with Gasteiger partial charge in [-0.2, -0.15) is 0 Å². The lowest BCUT2D eigenvalue weighted by Crippen LogP contribution is -2.10. The largest absolute Gasteiger partial charge is 0.498 e. The lowest BCUT2D eigenvalue weighted by Gasteiger charge is -2.17. The summed E-state index contributed by atoms with van der Waals surface area (Å²) < 4.78 is 5.76. The van der Waals surface area contributed by atoms with Gasteiger partial charge in [0.15, 0.2) is 0 Å². The summed E-state index contributed by atoms with van der Waals surface area (Å²) in [5.41, 5.74) is 0.